The molecule has 0 spiro atoms. The summed E-state index contributed by atoms with van der Waals surface area (Å²) in [4.78, 5) is 42.9. The third-order valence-electron chi connectivity index (χ3n) is 7.80. The van der Waals surface area contributed by atoms with Crippen molar-refractivity contribution >= 4 is 19.4 Å². The SMILES string of the molecule is C[C@]12C=CC(=O)C=C1CC[C@@H]1[C@@H]2[C@@H](O)C[C@]2(C)C(=O)C(COP(=O)(O)O)C[C@@H]12. The predicted molar refractivity (Wildman–Crippen MR) is 99.9 cm³/mol. The zero-order valence-electron chi connectivity index (χ0n) is 16.1. The molecule has 0 aromatic carbocycles. The summed E-state index contributed by atoms with van der Waals surface area (Å²) in [6.07, 6.45) is 6.89. The predicted octanol–water partition coefficient (Wildman–Crippen LogP) is 2.17. The molecule has 0 saturated heterocycles. The van der Waals surface area contributed by atoms with E-state index >= 15 is 0 Å². The second-order valence-corrected chi connectivity index (χ2v) is 10.5. The molecule has 7 nitrogen and oxygen atoms in total. The van der Waals surface area contributed by atoms with Crippen molar-refractivity contribution in [2.75, 3.05) is 6.61 Å². The molecular formula is C20H27O7P. The van der Waals surface area contributed by atoms with Gasteiger partial charge in [-0.25, -0.2) is 4.57 Å². The smallest absolute Gasteiger partial charge is 0.393 e. The van der Waals surface area contributed by atoms with Crippen LogP contribution in [0.3, 0.4) is 0 Å². The van der Waals surface area contributed by atoms with Gasteiger partial charge in [-0.2, -0.15) is 0 Å². The third kappa shape index (κ3) is 2.99. The van der Waals surface area contributed by atoms with Gasteiger partial charge >= 0.3 is 7.82 Å². The molecule has 0 amide bonds. The number of aliphatic hydroxyl groups is 1. The molecule has 0 heterocycles. The molecule has 4 aliphatic rings. The number of carbonyl (C=O) groups is 2. The first-order chi connectivity index (χ1) is 13.0. The van der Waals surface area contributed by atoms with Crippen molar-refractivity contribution in [2.24, 2.45) is 34.5 Å². The number of aliphatic hydroxyl groups excluding tert-OH is 1. The van der Waals surface area contributed by atoms with Crippen LogP contribution < -0.4 is 0 Å². The second kappa shape index (κ2) is 6.44. The van der Waals surface area contributed by atoms with Crippen LogP contribution in [0.2, 0.25) is 0 Å². The van der Waals surface area contributed by atoms with E-state index in [9.17, 15) is 19.3 Å². The Morgan fingerprint density at radius 3 is 2.68 bits per heavy atom. The Morgan fingerprint density at radius 2 is 2.00 bits per heavy atom. The Bertz CT molecular complexity index is 826. The van der Waals surface area contributed by atoms with Gasteiger partial charge in [-0.15, -0.1) is 0 Å². The van der Waals surface area contributed by atoms with Crippen molar-refractivity contribution in [1.29, 1.82) is 0 Å². The molecule has 8 heteroatoms. The fraction of sp³-hybridized carbons (Fsp3) is 0.700. The first-order valence-electron chi connectivity index (χ1n) is 9.82. The molecule has 0 aromatic heterocycles. The molecule has 1 unspecified atom stereocenters. The summed E-state index contributed by atoms with van der Waals surface area (Å²) >= 11 is 0. The lowest BCUT2D eigenvalue weighted by Crippen LogP contribution is -2.56. The average Bonchev–Trinajstić information content (AvgIpc) is 2.84. The lowest BCUT2D eigenvalue weighted by molar-refractivity contribution is -0.144. The Kier molecular flexibility index (Phi) is 4.64. The van der Waals surface area contributed by atoms with Gasteiger partial charge in [0.05, 0.1) is 12.7 Å². The maximum absolute atomic E-state index is 13.1. The number of Topliss-reactive ketones (excluding diaryl/α,β-unsaturated/α-hetero) is 1. The van der Waals surface area contributed by atoms with Gasteiger partial charge < -0.3 is 14.9 Å². The Labute approximate surface area is 164 Å². The molecule has 3 saturated carbocycles. The van der Waals surface area contributed by atoms with Crippen molar-refractivity contribution in [3.8, 4) is 0 Å². The zero-order valence-corrected chi connectivity index (χ0v) is 17.0. The average molecular weight is 410 g/mol. The van der Waals surface area contributed by atoms with Gasteiger partial charge in [-0.05, 0) is 49.7 Å². The van der Waals surface area contributed by atoms with Gasteiger partial charge in [0.1, 0.15) is 5.78 Å². The van der Waals surface area contributed by atoms with Crippen molar-refractivity contribution in [2.45, 2.75) is 45.6 Å². The fourth-order valence-corrected chi connectivity index (χ4v) is 6.98. The van der Waals surface area contributed by atoms with Crippen molar-refractivity contribution in [3.05, 3.63) is 23.8 Å². The highest BCUT2D eigenvalue weighted by Crippen LogP contribution is 2.64. The van der Waals surface area contributed by atoms with Crippen LogP contribution in [0, 0.1) is 34.5 Å². The fourth-order valence-electron chi connectivity index (χ4n) is 6.60. The van der Waals surface area contributed by atoms with Gasteiger partial charge in [-0.1, -0.05) is 25.5 Å². The number of carbonyl (C=O) groups excluding carboxylic acids is 2. The van der Waals surface area contributed by atoms with Gasteiger partial charge in [0.25, 0.3) is 0 Å². The Balaban J connectivity index is 1.64. The van der Waals surface area contributed by atoms with Gasteiger partial charge in [0, 0.05) is 22.7 Å². The number of allylic oxidation sites excluding steroid dienone is 4. The molecule has 0 aliphatic heterocycles. The minimum Gasteiger partial charge on any atom is -0.393 e. The van der Waals surface area contributed by atoms with Crippen LogP contribution in [-0.2, 0) is 18.7 Å². The molecule has 0 aromatic rings. The lowest BCUT2D eigenvalue weighted by Gasteiger charge is -2.57. The van der Waals surface area contributed by atoms with Crippen LogP contribution in [0.1, 0.15) is 39.5 Å². The number of fused-ring (bicyclic) bond motifs is 5. The third-order valence-corrected chi connectivity index (χ3v) is 8.29. The molecular weight excluding hydrogens is 383 g/mol. The first kappa shape index (κ1) is 20.2. The van der Waals surface area contributed by atoms with E-state index in [1.165, 1.54) is 0 Å². The summed E-state index contributed by atoms with van der Waals surface area (Å²) < 4.78 is 15.7. The van der Waals surface area contributed by atoms with E-state index in [1.807, 2.05) is 13.0 Å². The van der Waals surface area contributed by atoms with Gasteiger partial charge in [-0.3, -0.25) is 14.1 Å². The number of hydrogen-bond acceptors (Lipinski definition) is 5. The van der Waals surface area contributed by atoms with E-state index in [4.69, 9.17) is 9.79 Å². The van der Waals surface area contributed by atoms with E-state index in [2.05, 4.69) is 11.4 Å². The van der Waals surface area contributed by atoms with Crippen LogP contribution in [0.15, 0.2) is 23.8 Å². The molecule has 3 N–H and O–H groups in total. The first-order valence-corrected chi connectivity index (χ1v) is 11.4. The molecule has 28 heavy (non-hydrogen) atoms. The summed E-state index contributed by atoms with van der Waals surface area (Å²) in [5.41, 5.74) is -0.0641. The van der Waals surface area contributed by atoms with E-state index in [1.54, 1.807) is 12.2 Å². The number of rotatable bonds is 3. The van der Waals surface area contributed by atoms with Crippen LogP contribution >= 0.6 is 7.82 Å². The second-order valence-electron chi connectivity index (χ2n) is 9.29. The van der Waals surface area contributed by atoms with E-state index in [0.29, 0.717) is 12.8 Å². The minimum atomic E-state index is -4.64. The highest BCUT2D eigenvalue weighted by Gasteiger charge is 2.63. The van der Waals surface area contributed by atoms with Crippen LogP contribution in [0.4, 0.5) is 0 Å². The van der Waals surface area contributed by atoms with E-state index in [0.717, 1.165) is 18.4 Å². The van der Waals surface area contributed by atoms with Crippen LogP contribution in [-0.4, -0.2) is 39.2 Å². The van der Waals surface area contributed by atoms with Gasteiger partial charge in [0.15, 0.2) is 5.78 Å². The molecule has 0 radical (unpaired) electrons. The van der Waals surface area contributed by atoms with E-state index in [-0.39, 0.29) is 35.9 Å². The number of ketones is 2. The highest BCUT2D eigenvalue weighted by atomic mass is 31.2. The minimum absolute atomic E-state index is 0.0215. The standard InChI is InChI=1S/C20H27O7P/c1-19-6-5-13(21)8-12(19)3-4-14-15-7-11(10-27-28(24,25)26)18(23)20(15,2)9-16(22)17(14)19/h5-6,8,11,14-17,22H,3-4,7,9-10H2,1-2H3,(H2,24,25,26)/t11?,14-,15-,16-,17+,19-,20-/m0/s1. The summed E-state index contributed by atoms with van der Waals surface area (Å²) in [6, 6.07) is 0. The molecule has 4 aliphatic carbocycles. The van der Waals surface area contributed by atoms with E-state index < -0.39 is 30.7 Å². The summed E-state index contributed by atoms with van der Waals surface area (Å²) in [5.74, 6) is -0.594. The van der Waals surface area contributed by atoms with Crippen molar-refractivity contribution in [3.63, 3.8) is 0 Å². The monoisotopic (exact) mass is 410 g/mol. The van der Waals surface area contributed by atoms with Gasteiger partial charge in [0.2, 0.25) is 0 Å². The quantitative estimate of drug-likeness (QED) is 0.610. The molecule has 154 valence electrons. The molecule has 4 rings (SSSR count). The molecule has 0 bridgehead atoms. The number of phosphoric acid groups is 1. The summed E-state index contributed by atoms with van der Waals surface area (Å²) in [7, 11) is -4.64. The van der Waals surface area contributed by atoms with Crippen LogP contribution in [0.5, 0.6) is 0 Å². The Morgan fingerprint density at radius 1 is 1.29 bits per heavy atom. The van der Waals surface area contributed by atoms with Crippen molar-refractivity contribution < 1.29 is 33.6 Å². The maximum Gasteiger partial charge on any atom is 0.469 e. The number of phosphoric ester groups is 1. The largest absolute Gasteiger partial charge is 0.469 e. The highest BCUT2D eigenvalue weighted by molar-refractivity contribution is 7.46. The molecule has 7 atom stereocenters. The summed E-state index contributed by atoms with van der Waals surface area (Å²) in [6.45, 7) is 3.65. The van der Waals surface area contributed by atoms with Crippen LogP contribution in [0.25, 0.3) is 0 Å². The lowest BCUT2D eigenvalue weighted by atomic mass is 9.47. The molecule has 3 fully saturated rings. The zero-order chi connectivity index (χ0) is 20.5. The van der Waals surface area contributed by atoms with Crippen molar-refractivity contribution in [1.82, 2.24) is 0 Å². The Hall–Kier alpha value is -1.11. The topological polar surface area (TPSA) is 121 Å². The summed E-state index contributed by atoms with van der Waals surface area (Å²) in [5, 5.41) is 11.1. The maximum atomic E-state index is 13.1. The normalized spacial score (nSPS) is 45.3. The number of hydrogen-bond donors (Lipinski definition) is 3.